The third-order valence-corrected chi connectivity index (χ3v) is 11.1. The van der Waals surface area contributed by atoms with Gasteiger partial charge in [0.1, 0.15) is 11.5 Å². The van der Waals surface area contributed by atoms with Crippen LogP contribution in [0.4, 0.5) is 4.39 Å². The van der Waals surface area contributed by atoms with E-state index in [0.29, 0.717) is 28.8 Å². The lowest BCUT2D eigenvalue weighted by molar-refractivity contribution is -0.138. The minimum absolute atomic E-state index is 0.251. The summed E-state index contributed by atoms with van der Waals surface area (Å²) in [6, 6.07) is 15.1. The summed E-state index contributed by atoms with van der Waals surface area (Å²) in [6.45, 7) is 8.56. The van der Waals surface area contributed by atoms with Gasteiger partial charge in [-0.05, 0) is 67.6 Å². The summed E-state index contributed by atoms with van der Waals surface area (Å²) in [5, 5.41) is 24.7. The molecule has 1 unspecified atom stereocenters. The van der Waals surface area contributed by atoms with Gasteiger partial charge in [-0.3, -0.25) is 9.78 Å². The van der Waals surface area contributed by atoms with Gasteiger partial charge in [0.15, 0.2) is 11.6 Å². The maximum Gasteiger partial charge on any atom is 0.310 e. The van der Waals surface area contributed by atoms with Crippen LogP contribution >= 0.6 is 11.8 Å². The van der Waals surface area contributed by atoms with Gasteiger partial charge in [-0.2, -0.15) is 5.10 Å². The molecule has 0 radical (unpaired) electrons. The molecule has 252 valence electrons. The van der Waals surface area contributed by atoms with Crippen LogP contribution in [0.15, 0.2) is 76.9 Å². The van der Waals surface area contributed by atoms with E-state index in [1.54, 1.807) is 22.5 Å². The predicted octanol–water partition coefficient (Wildman–Crippen LogP) is 7.63. The van der Waals surface area contributed by atoms with E-state index in [2.05, 4.69) is 41.1 Å². The summed E-state index contributed by atoms with van der Waals surface area (Å²) in [5.41, 5.74) is 3.88. The van der Waals surface area contributed by atoms with Crippen molar-refractivity contribution in [2.24, 2.45) is 7.05 Å². The summed E-state index contributed by atoms with van der Waals surface area (Å²) in [4.78, 5) is 26.1. The number of benzene rings is 2. The molecular formula is C37H39FN8O2S. The van der Waals surface area contributed by atoms with Crippen molar-refractivity contribution in [1.82, 2.24) is 39.7 Å². The van der Waals surface area contributed by atoms with Gasteiger partial charge in [0, 0.05) is 46.9 Å². The maximum atomic E-state index is 15.9. The highest BCUT2D eigenvalue weighted by Gasteiger charge is 2.35. The third-order valence-electron chi connectivity index (χ3n) is 9.98. The second-order valence-corrected chi connectivity index (χ2v) is 15.0. The fraction of sp³-hybridized carbons (Fsp3) is 0.351. The normalized spacial score (nSPS) is 18.7. The zero-order chi connectivity index (χ0) is 34.5. The number of carboxylic acid groups (broad SMARTS) is 1. The quantitative estimate of drug-likeness (QED) is 0.196. The van der Waals surface area contributed by atoms with Crippen LogP contribution in [0.1, 0.15) is 87.5 Å². The smallest absolute Gasteiger partial charge is 0.310 e. The second-order valence-electron chi connectivity index (χ2n) is 13.9. The minimum atomic E-state index is -0.871. The predicted molar refractivity (Wildman–Crippen MR) is 186 cm³/mol. The average molecular weight is 679 g/mol. The van der Waals surface area contributed by atoms with Crippen molar-refractivity contribution in [2.45, 2.75) is 86.5 Å². The van der Waals surface area contributed by atoms with Crippen LogP contribution in [0.3, 0.4) is 0 Å². The van der Waals surface area contributed by atoms with Crippen molar-refractivity contribution >= 4 is 28.6 Å². The van der Waals surface area contributed by atoms with E-state index < -0.39 is 17.3 Å². The Labute approximate surface area is 288 Å². The summed E-state index contributed by atoms with van der Waals surface area (Å²) >= 11 is 1.34. The monoisotopic (exact) mass is 678 g/mol. The first-order chi connectivity index (χ1) is 23.4. The number of carboxylic acids is 1. The molecule has 0 saturated heterocycles. The first-order valence-corrected chi connectivity index (χ1v) is 17.3. The Kier molecular flexibility index (Phi) is 8.38. The fourth-order valence-electron chi connectivity index (χ4n) is 6.75. The molecule has 0 saturated carbocycles. The molecule has 0 aliphatic carbocycles. The summed E-state index contributed by atoms with van der Waals surface area (Å²) in [6.07, 6.45) is 8.93. The third kappa shape index (κ3) is 6.14. The van der Waals surface area contributed by atoms with Crippen LogP contribution in [-0.2, 0) is 29.2 Å². The van der Waals surface area contributed by atoms with Gasteiger partial charge in [-0.15, -0.1) is 5.10 Å². The zero-order valence-corrected chi connectivity index (χ0v) is 29.1. The lowest BCUT2D eigenvalue weighted by Gasteiger charge is -2.29. The van der Waals surface area contributed by atoms with Gasteiger partial charge in [-0.1, -0.05) is 67.9 Å². The van der Waals surface area contributed by atoms with E-state index >= 15 is 4.39 Å². The topological polar surface area (TPSA) is 127 Å². The number of nitrogens with one attached hydrogen (secondary N) is 1. The Hall–Kier alpha value is -4.84. The molecule has 5 heterocycles. The number of hydrogen-bond acceptors (Lipinski definition) is 7. The van der Waals surface area contributed by atoms with E-state index in [-0.39, 0.29) is 11.2 Å². The Morgan fingerprint density at radius 3 is 2.73 bits per heavy atom. The second kappa shape index (κ2) is 12.6. The number of aromatic nitrogens is 8. The van der Waals surface area contributed by atoms with Crippen LogP contribution in [0.2, 0.25) is 0 Å². The van der Waals surface area contributed by atoms with Crippen LogP contribution in [-0.4, -0.2) is 50.8 Å². The molecule has 2 atom stereocenters. The molecule has 49 heavy (non-hydrogen) atoms. The molecule has 0 spiro atoms. The van der Waals surface area contributed by atoms with Crippen LogP contribution in [0.5, 0.6) is 0 Å². The highest BCUT2D eigenvalue weighted by Crippen LogP contribution is 2.41. The summed E-state index contributed by atoms with van der Waals surface area (Å²) in [5.74, 6) is -0.619. The van der Waals surface area contributed by atoms with Gasteiger partial charge in [-0.25, -0.2) is 18.7 Å². The van der Waals surface area contributed by atoms with Crippen molar-refractivity contribution in [1.29, 1.82) is 0 Å². The minimum Gasteiger partial charge on any atom is -0.481 e. The molecule has 7 rings (SSSR count). The van der Waals surface area contributed by atoms with E-state index in [1.165, 1.54) is 17.8 Å². The molecule has 6 bridgehead atoms. The van der Waals surface area contributed by atoms with E-state index in [1.807, 2.05) is 61.9 Å². The first kappa shape index (κ1) is 32.7. The van der Waals surface area contributed by atoms with Gasteiger partial charge in [0.25, 0.3) is 0 Å². The highest BCUT2D eigenvalue weighted by molar-refractivity contribution is 7.99. The number of aromatic amines is 1. The molecule has 2 aromatic carbocycles. The fourth-order valence-corrected chi connectivity index (χ4v) is 7.74. The Balaban J connectivity index is 1.36. The number of pyridine rings is 1. The number of halogens is 1. The van der Waals surface area contributed by atoms with Crippen molar-refractivity contribution in [3.63, 3.8) is 0 Å². The molecule has 1 aliphatic rings. The lowest BCUT2D eigenvalue weighted by Crippen LogP contribution is -2.26. The Morgan fingerprint density at radius 1 is 1.10 bits per heavy atom. The van der Waals surface area contributed by atoms with Crippen molar-refractivity contribution < 1.29 is 14.3 Å². The Morgan fingerprint density at radius 2 is 1.92 bits per heavy atom. The number of hydrogen-bond donors (Lipinski definition) is 2. The number of aliphatic carboxylic acids is 1. The highest BCUT2D eigenvalue weighted by atomic mass is 32.2. The molecule has 10 nitrogen and oxygen atoms in total. The van der Waals surface area contributed by atoms with Gasteiger partial charge >= 0.3 is 5.97 Å². The van der Waals surface area contributed by atoms with Crippen LogP contribution in [0.25, 0.3) is 22.4 Å². The molecule has 0 fully saturated rings. The zero-order valence-electron chi connectivity index (χ0n) is 28.2. The molecular weight excluding hydrogens is 640 g/mol. The van der Waals surface area contributed by atoms with E-state index in [9.17, 15) is 9.90 Å². The molecule has 0 amide bonds. The van der Waals surface area contributed by atoms with E-state index in [0.717, 1.165) is 63.9 Å². The van der Waals surface area contributed by atoms with E-state index in [4.69, 9.17) is 10.1 Å². The SMILES string of the molecule is CC(C(=O)O)c1cccc([C@@]2(C)CCCCC(C)(C)c3cn(nn3)Cc3c(c(F)cc4[nH]ccc34)Sc3ccnc(c3)-c3nc2nn3C)c1. The first-order valence-electron chi connectivity index (χ1n) is 16.5. The maximum absolute atomic E-state index is 15.9. The van der Waals surface area contributed by atoms with Crippen LogP contribution < -0.4 is 0 Å². The van der Waals surface area contributed by atoms with Gasteiger partial charge in [0.05, 0.1) is 28.5 Å². The number of nitrogens with zero attached hydrogens (tertiary/aromatic N) is 7. The number of carbonyl (C=O) groups is 1. The number of rotatable bonds is 3. The number of aryl methyl sites for hydroxylation is 1. The van der Waals surface area contributed by atoms with Gasteiger partial charge in [0.2, 0.25) is 0 Å². The molecule has 2 N–H and O–H groups in total. The lowest BCUT2D eigenvalue weighted by atomic mass is 9.75. The molecule has 4 aromatic heterocycles. The number of H-pyrrole nitrogens is 1. The standard InChI is InChI=1S/C37H39FN8O2S/c1-22(34(47)48)23-9-8-10-24(17-23)37(4)14-7-6-13-36(2,3)31-21-46(44-42-31)20-27-26-12-16-39-29(26)19-28(38)32(27)49-25-11-15-40-30(18-25)33-41-35(37)43-45(33)5/h8-12,15-19,21-22,39H,6-7,13-14,20H2,1-5H3,(H,47,48)/t22?,37-/m1/s1. The van der Waals surface area contributed by atoms with Crippen molar-refractivity contribution in [3.8, 4) is 11.5 Å². The van der Waals surface area contributed by atoms with Crippen molar-refractivity contribution in [2.75, 3.05) is 0 Å². The molecule has 12 heteroatoms. The molecule has 1 aliphatic heterocycles. The summed E-state index contributed by atoms with van der Waals surface area (Å²) < 4.78 is 19.4. The van der Waals surface area contributed by atoms with Crippen molar-refractivity contribution in [3.05, 3.63) is 101 Å². The number of fused-ring (bicyclic) bond motifs is 10. The van der Waals surface area contributed by atoms with Gasteiger partial charge < -0.3 is 10.1 Å². The Bertz CT molecular complexity index is 2190. The summed E-state index contributed by atoms with van der Waals surface area (Å²) in [7, 11) is 1.85. The average Bonchev–Trinajstić information content (AvgIpc) is 3.84. The van der Waals surface area contributed by atoms with Crippen LogP contribution in [0, 0.1) is 5.82 Å². The molecule has 6 aromatic rings. The largest absolute Gasteiger partial charge is 0.481 e.